The highest BCUT2D eigenvalue weighted by molar-refractivity contribution is 9.10. The topological polar surface area (TPSA) is 40.6 Å². The van der Waals surface area contributed by atoms with Gasteiger partial charge in [0.1, 0.15) is 22.8 Å². The van der Waals surface area contributed by atoms with Crippen molar-refractivity contribution in [1.82, 2.24) is 4.98 Å². The van der Waals surface area contributed by atoms with Gasteiger partial charge in [-0.3, -0.25) is 0 Å². The van der Waals surface area contributed by atoms with Gasteiger partial charge in [0.2, 0.25) is 0 Å². The molecule has 5 heteroatoms. The van der Waals surface area contributed by atoms with Crippen LogP contribution in [0.5, 0.6) is 17.2 Å². The van der Waals surface area contributed by atoms with Gasteiger partial charge in [-0.1, -0.05) is 30.3 Å². The first kappa shape index (κ1) is 15.6. The Labute approximate surface area is 143 Å². The van der Waals surface area contributed by atoms with Crippen LogP contribution in [0.2, 0.25) is 0 Å². The van der Waals surface area contributed by atoms with E-state index < -0.39 is 0 Å². The van der Waals surface area contributed by atoms with Crippen molar-refractivity contribution >= 4 is 26.8 Å². The minimum absolute atomic E-state index is 0.656. The first-order valence-corrected chi connectivity index (χ1v) is 7.83. The van der Waals surface area contributed by atoms with E-state index in [1.54, 1.807) is 21.3 Å². The van der Waals surface area contributed by atoms with Crippen LogP contribution < -0.4 is 14.2 Å². The quantitative estimate of drug-likeness (QED) is 0.664. The van der Waals surface area contributed by atoms with E-state index in [1.807, 2.05) is 42.5 Å². The van der Waals surface area contributed by atoms with Gasteiger partial charge < -0.3 is 14.2 Å². The highest BCUT2D eigenvalue weighted by Crippen LogP contribution is 2.44. The minimum Gasteiger partial charge on any atom is -0.496 e. The summed E-state index contributed by atoms with van der Waals surface area (Å²) in [7, 11) is 4.88. The minimum atomic E-state index is 0.656. The van der Waals surface area contributed by atoms with Crippen LogP contribution in [0, 0.1) is 0 Å². The van der Waals surface area contributed by atoms with Gasteiger partial charge in [0.15, 0.2) is 0 Å². The van der Waals surface area contributed by atoms with Crippen molar-refractivity contribution in [2.75, 3.05) is 21.3 Å². The molecule has 0 aliphatic heterocycles. The van der Waals surface area contributed by atoms with Crippen molar-refractivity contribution in [2.24, 2.45) is 0 Å². The molecule has 0 N–H and O–H groups in total. The second kappa shape index (κ2) is 6.46. The lowest BCUT2D eigenvalue weighted by Gasteiger charge is -2.15. The number of fused-ring (bicyclic) bond motifs is 1. The molecular formula is C18H16BrNO3. The molecule has 0 fully saturated rings. The second-order valence-corrected chi connectivity index (χ2v) is 5.75. The Balaban J connectivity index is 2.39. The van der Waals surface area contributed by atoms with Gasteiger partial charge in [-0.25, -0.2) is 4.98 Å². The molecule has 3 aromatic rings. The van der Waals surface area contributed by atoms with Crippen LogP contribution in [0.4, 0.5) is 0 Å². The lowest BCUT2D eigenvalue weighted by molar-refractivity contribution is 0.398. The third kappa shape index (κ3) is 2.72. The highest BCUT2D eigenvalue weighted by atomic mass is 79.9. The predicted octanol–water partition coefficient (Wildman–Crippen LogP) is 4.69. The zero-order valence-corrected chi connectivity index (χ0v) is 14.7. The summed E-state index contributed by atoms with van der Waals surface area (Å²) in [4.78, 5) is 4.77. The van der Waals surface area contributed by atoms with Gasteiger partial charge in [-0.05, 0) is 15.9 Å². The van der Waals surface area contributed by atoms with Gasteiger partial charge in [-0.2, -0.15) is 0 Å². The van der Waals surface area contributed by atoms with E-state index in [4.69, 9.17) is 19.2 Å². The summed E-state index contributed by atoms with van der Waals surface area (Å²) in [5, 5.41) is 0.779. The van der Waals surface area contributed by atoms with Crippen molar-refractivity contribution in [2.45, 2.75) is 0 Å². The Morgan fingerprint density at radius 1 is 0.870 bits per heavy atom. The maximum Gasteiger partial charge on any atom is 0.146 e. The number of ether oxygens (including phenoxy) is 3. The van der Waals surface area contributed by atoms with E-state index in [0.717, 1.165) is 21.1 Å². The SMILES string of the molecule is COc1cc(Br)c(OC)c2c(OC)cc(-c3ccccc3)nc12. The summed E-state index contributed by atoms with van der Waals surface area (Å²) in [5.74, 6) is 2.01. The molecule has 1 heterocycles. The average Bonchev–Trinajstić information content (AvgIpc) is 2.61. The smallest absolute Gasteiger partial charge is 0.146 e. The summed E-state index contributed by atoms with van der Waals surface area (Å²) in [5.41, 5.74) is 2.53. The fraction of sp³-hybridized carbons (Fsp3) is 0.167. The Kier molecular flexibility index (Phi) is 4.39. The third-order valence-corrected chi connectivity index (χ3v) is 4.22. The fourth-order valence-electron chi connectivity index (χ4n) is 2.56. The van der Waals surface area contributed by atoms with Gasteiger partial charge >= 0.3 is 0 Å². The fourth-order valence-corrected chi connectivity index (χ4v) is 3.13. The molecule has 0 atom stereocenters. The van der Waals surface area contributed by atoms with Crippen LogP contribution in [0.1, 0.15) is 0 Å². The van der Waals surface area contributed by atoms with Crippen molar-refractivity contribution in [1.29, 1.82) is 0 Å². The van der Waals surface area contributed by atoms with Crippen LogP contribution in [0.15, 0.2) is 46.9 Å². The number of hydrogen-bond acceptors (Lipinski definition) is 4. The van der Waals surface area contributed by atoms with E-state index in [2.05, 4.69) is 15.9 Å². The monoisotopic (exact) mass is 373 g/mol. The summed E-state index contributed by atoms with van der Waals surface area (Å²) < 4.78 is 17.4. The van der Waals surface area contributed by atoms with Crippen LogP contribution in [0.25, 0.3) is 22.2 Å². The Morgan fingerprint density at radius 3 is 2.17 bits per heavy atom. The molecule has 0 saturated carbocycles. The van der Waals surface area contributed by atoms with Gasteiger partial charge in [-0.15, -0.1) is 0 Å². The molecule has 0 saturated heterocycles. The molecular weight excluding hydrogens is 358 g/mol. The standard InChI is InChI=1S/C18H16BrNO3/c1-21-14-10-13(11-7-5-4-6-8-11)20-17-15(22-2)9-12(19)18(23-3)16(14)17/h4-10H,1-3H3. The number of pyridine rings is 1. The normalized spacial score (nSPS) is 10.6. The van der Waals surface area contributed by atoms with Crippen LogP contribution in [-0.2, 0) is 0 Å². The molecule has 118 valence electrons. The third-order valence-electron chi connectivity index (χ3n) is 3.63. The molecule has 23 heavy (non-hydrogen) atoms. The average molecular weight is 374 g/mol. The zero-order chi connectivity index (χ0) is 16.4. The van der Waals surface area contributed by atoms with Gasteiger partial charge in [0.05, 0.1) is 36.9 Å². The number of rotatable bonds is 4. The Bertz CT molecular complexity index is 850. The molecule has 4 nitrogen and oxygen atoms in total. The predicted molar refractivity (Wildman–Crippen MR) is 94.5 cm³/mol. The first-order valence-electron chi connectivity index (χ1n) is 7.04. The Morgan fingerprint density at radius 2 is 1.57 bits per heavy atom. The number of hydrogen-bond donors (Lipinski definition) is 0. The second-order valence-electron chi connectivity index (χ2n) is 4.89. The van der Waals surface area contributed by atoms with Crippen molar-refractivity contribution in [3.05, 3.63) is 46.9 Å². The maximum atomic E-state index is 5.59. The maximum absolute atomic E-state index is 5.59. The van der Waals surface area contributed by atoms with Crippen molar-refractivity contribution < 1.29 is 14.2 Å². The van der Waals surface area contributed by atoms with Crippen LogP contribution in [-0.4, -0.2) is 26.3 Å². The van der Waals surface area contributed by atoms with E-state index in [-0.39, 0.29) is 0 Å². The summed E-state index contributed by atoms with van der Waals surface area (Å²) in [6.07, 6.45) is 0. The van der Waals surface area contributed by atoms with Crippen molar-refractivity contribution in [3.8, 4) is 28.5 Å². The van der Waals surface area contributed by atoms with Crippen molar-refractivity contribution in [3.63, 3.8) is 0 Å². The number of benzene rings is 2. The zero-order valence-electron chi connectivity index (χ0n) is 13.1. The highest BCUT2D eigenvalue weighted by Gasteiger charge is 2.19. The lowest BCUT2D eigenvalue weighted by atomic mass is 10.1. The van der Waals surface area contributed by atoms with E-state index in [9.17, 15) is 0 Å². The van der Waals surface area contributed by atoms with Gasteiger partial charge in [0, 0.05) is 17.7 Å². The van der Waals surface area contributed by atoms with E-state index in [0.29, 0.717) is 22.8 Å². The van der Waals surface area contributed by atoms with Crippen LogP contribution >= 0.6 is 15.9 Å². The van der Waals surface area contributed by atoms with Crippen LogP contribution in [0.3, 0.4) is 0 Å². The molecule has 0 aliphatic carbocycles. The first-order chi connectivity index (χ1) is 11.2. The van der Waals surface area contributed by atoms with Gasteiger partial charge in [0.25, 0.3) is 0 Å². The number of methoxy groups -OCH3 is 3. The largest absolute Gasteiger partial charge is 0.496 e. The molecule has 0 amide bonds. The summed E-state index contributed by atoms with van der Waals surface area (Å²) in [6, 6.07) is 13.7. The molecule has 2 aromatic carbocycles. The molecule has 0 spiro atoms. The Hall–Kier alpha value is -2.27. The summed E-state index contributed by atoms with van der Waals surface area (Å²) >= 11 is 3.51. The molecule has 0 aliphatic rings. The number of halogens is 1. The molecule has 0 radical (unpaired) electrons. The molecule has 1 aromatic heterocycles. The number of aromatic nitrogens is 1. The number of nitrogens with zero attached hydrogens (tertiary/aromatic N) is 1. The molecule has 3 rings (SSSR count). The molecule has 0 unspecified atom stereocenters. The van der Waals surface area contributed by atoms with E-state index in [1.165, 1.54) is 0 Å². The lowest BCUT2D eigenvalue weighted by Crippen LogP contribution is -1.97. The summed E-state index contributed by atoms with van der Waals surface area (Å²) in [6.45, 7) is 0. The molecule has 0 bridgehead atoms. The van der Waals surface area contributed by atoms with E-state index >= 15 is 0 Å².